The molecule has 2 aromatic rings. The van der Waals surface area contributed by atoms with E-state index in [2.05, 4.69) is 16.4 Å². The molecule has 0 radical (unpaired) electrons. The maximum absolute atomic E-state index is 13.2. The Kier molecular flexibility index (Phi) is 6.11. The predicted molar refractivity (Wildman–Crippen MR) is 112 cm³/mol. The van der Waals surface area contributed by atoms with E-state index in [0.717, 1.165) is 29.5 Å². The number of methoxy groups -OCH3 is 1. The van der Waals surface area contributed by atoms with Crippen LogP contribution >= 0.6 is 0 Å². The van der Waals surface area contributed by atoms with Crippen molar-refractivity contribution in [3.8, 4) is 11.1 Å². The average molecular weight is 409 g/mol. The summed E-state index contributed by atoms with van der Waals surface area (Å²) in [7, 11) is 1.50. The zero-order valence-corrected chi connectivity index (χ0v) is 17.2. The van der Waals surface area contributed by atoms with E-state index >= 15 is 0 Å². The largest absolute Gasteiger partial charge is 0.375 e. The number of hydrogen-bond donors (Lipinski definition) is 1. The number of nitrogens with one attached hydrogen (secondary N) is 1. The monoisotopic (exact) mass is 409 g/mol. The Morgan fingerprint density at radius 2 is 2.10 bits per heavy atom. The van der Waals surface area contributed by atoms with Crippen molar-refractivity contribution in [2.24, 2.45) is 0 Å². The fourth-order valence-electron chi connectivity index (χ4n) is 3.81. The molecule has 1 aliphatic heterocycles. The normalized spacial score (nSPS) is 21.3. The minimum Gasteiger partial charge on any atom is -0.375 e. The summed E-state index contributed by atoms with van der Waals surface area (Å²) in [4.78, 5) is 31.5. The van der Waals surface area contributed by atoms with Crippen LogP contribution in [0.1, 0.15) is 18.4 Å². The lowest BCUT2D eigenvalue weighted by Gasteiger charge is -2.41. The molecule has 7 heteroatoms. The maximum Gasteiger partial charge on any atom is 0.254 e. The number of nitrogens with zero attached hydrogens (tertiary/aromatic N) is 2. The lowest BCUT2D eigenvalue weighted by atomic mass is 9.89. The number of aromatic nitrogens is 1. The van der Waals surface area contributed by atoms with Gasteiger partial charge >= 0.3 is 0 Å². The van der Waals surface area contributed by atoms with Crippen LogP contribution in [0.5, 0.6) is 0 Å². The fourth-order valence-corrected chi connectivity index (χ4v) is 3.81. The van der Waals surface area contributed by atoms with Gasteiger partial charge in [-0.15, -0.1) is 0 Å². The molecule has 0 unspecified atom stereocenters. The summed E-state index contributed by atoms with van der Waals surface area (Å²) in [5.74, 6) is -0.278. The van der Waals surface area contributed by atoms with Gasteiger partial charge < -0.3 is 19.7 Å². The van der Waals surface area contributed by atoms with E-state index < -0.39 is 5.60 Å². The summed E-state index contributed by atoms with van der Waals surface area (Å²) in [6.45, 7) is 0.980. The molecule has 2 fully saturated rings. The molecule has 2 amide bonds. The van der Waals surface area contributed by atoms with Crippen LogP contribution in [0, 0.1) is 0 Å². The first-order valence-electron chi connectivity index (χ1n) is 10.3. The van der Waals surface area contributed by atoms with E-state index in [-0.39, 0.29) is 31.0 Å². The molecule has 1 aliphatic carbocycles. The first kappa shape index (κ1) is 20.5. The van der Waals surface area contributed by atoms with Gasteiger partial charge in [0, 0.05) is 38.5 Å². The highest BCUT2D eigenvalue weighted by molar-refractivity contribution is 5.88. The number of amides is 2. The second-order valence-corrected chi connectivity index (χ2v) is 7.96. The van der Waals surface area contributed by atoms with E-state index in [1.54, 1.807) is 11.1 Å². The van der Waals surface area contributed by atoms with Gasteiger partial charge in [0.2, 0.25) is 5.91 Å². The molecule has 4 rings (SSSR count). The number of benzene rings is 1. The fraction of sp³-hybridized carbons (Fsp3) is 0.435. The van der Waals surface area contributed by atoms with Gasteiger partial charge in [0.05, 0.1) is 13.2 Å². The smallest absolute Gasteiger partial charge is 0.254 e. The standard InChI is InChI=1S/C23H27N3O4/c1-29-15-21(27)26-10-11-30-23(16-26,22(28)25-20-7-8-20)13-17-4-2-5-18(12-17)19-6-3-9-24-14-19/h2-6,9,12,14,20H,7-8,10-11,13,15-16H2,1H3,(H,25,28)/t23-/m1/s1. The van der Waals surface area contributed by atoms with E-state index in [0.29, 0.717) is 19.6 Å². The Morgan fingerprint density at radius 1 is 1.27 bits per heavy atom. The van der Waals surface area contributed by atoms with Crippen LogP contribution in [0.25, 0.3) is 11.1 Å². The Labute approximate surface area is 176 Å². The molecule has 1 N–H and O–H groups in total. The lowest BCUT2D eigenvalue weighted by molar-refractivity contribution is -0.167. The number of ether oxygens (including phenoxy) is 2. The predicted octanol–water partition coefficient (Wildman–Crippen LogP) is 1.81. The highest BCUT2D eigenvalue weighted by Gasteiger charge is 2.46. The van der Waals surface area contributed by atoms with Crippen LogP contribution in [-0.2, 0) is 25.5 Å². The number of hydrogen-bond acceptors (Lipinski definition) is 5. The van der Waals surface area contributed by atoms with Crippen molar-refractivity contribution >= 4 is 11.8 Å². The van der Waals surface area contributed by atoms with Gasteiger partial charge in [-0.3, -0.25) is 14.6 Å². The quantitative estimate of drug-likeness (QED) is 0.755. The first-order valence-corrected chi connectivity index (χ1v) is 10.3. The zero-order valence-electron chi connectivity index (χ0n) is 17.2. The molecule has 30 heavy (non-hydrogen) atoms. The van der Waals surface area contributed by atoms with Crippen molar-refractivity contribution in [2.45, 2.75) is 30.9 Å². The molecule has 7 nitrogen and oxygen atoms in total. The van der Waals surface area contributed by atoms with Crippen molar-refractivity contribution in [3.63, 3.8) is 0 Å². The second kappa shape index (κ2) is 8.93. The van der Waals surface area contributed by atoms with Crippen LogP contribution in [0.3, 0.4) is 0 Å². The molecule has 1 saturated carbocycles. The van der Waals surface area contributed by atoms with Gasteiger partial charge in [0.1, 0.15) is 6.61 Å². The summed E-state index contributed by atoms with van der Waals surface area (Å²) in [5.41, 5.74) is 1.90. The van der Waals surface area contributed by atoms with Gasteiger partial charge in [-0.1, -0.05) is 30.3 Å². The van der Waals surface area contributed by atoms with Crippen LogP contribution in [0.2, 0.25) is 0 Å². The molecule has 0 bridgehead atoms. The molecule has 1 aromatic carbocycles. The zero-order chi connectivity index (χ0) is 21.0. The third-order valence-electron chi connectivity index (χ3n) is 5.54. The molecular formula is C23H27N3O4. The third-order valence-corrected chi connectivity index (χ3v) is 5.54. The molecule has 158 valence electrons. The van der Waals surface area contributed by atoms with E-state index in [4.69, 9.17) is 9.47 Å². The van der Waals surface area contributed by atoms with Gasteiger partial charge in [-0.2, -0.15) is 0 Å². The molecular weight excluding hydrogens is 382 g/mol. The topological polar surface area (TPSA) is 80.8 Å². The first-order chi connectivity index (χ1) is 14.6. The van der Waals surface area contributed by atoms with E-state index in [1.807, 2.05) is 36.5 Å². The minimum absolute atomic E-state index is 0.00316. The summed E-state index contributed by atoms with van der Waals surface area (Å²) >= 11 is 0. The summed E-state index contributed by atoms with van der Waals surface area (Å²) in [6, 6.07) is 12.2. The molecule has 0 spiro atoms. The minimum atomic E-state index is -1.11. The average Bonchev–Trinajstić information content (AvgIpc) is 3.59. The molecule has 1 atom stereocenters. The summed E-state index contributed by atoms with van der Waals surface area (Å²) in [6.07, 6.45) is 5.93. The van der Waals surface area contributed by atoms with Crippen molar-refractivity contribution in [1.29, 1.82) is 0 Å². The van der Waals surface area contributed by atoms with Crippen LogP contribution < -0.4 is 5.32 Å². The number of carbonyl (C=O) groups excluding carboxylic acids is 2. The second-order valence-electron chi connectivity index (χ2n) is 7.96. The highest BCUT2D eigenvalue weighted by Crippen LogP contribution is 2.29. The number of morpholine rings is 1. The summed E-state index contributed by atoms with van der Waals surface area (Å²) in [5, 5.41) is 3.08. The molecule has 1 aromatic heterocycles. The Morgan fingerprint density at radius 3 is 2.83 bits per heavy atom. The van der Waals surface area contributed by atoms with Crippen molar-refractivity contribution in [2.75, 3.05) is 33.4 Å². The Balaban J connectivity index is 1.60. The molecule has 1 saturated heterocycles. The molecule has 2 aliphatic rings. The number of rotatable bonds is 7. The van der Waals surface area contributed by atoms with Gasteiger partial charge in [0.25, 0.3) is 5.91 Å². The van der Waals surface area contributed by atoms with Crippen LogP contribution in [-0.4, -0.2) is 66.8 Å². The van der Waals surface area contributed by atoms with Crippen LogP contribution in [0.4, 0.5) is 0 Å². The third kappa shape index (κ3) is 4.68. The molecule has 2 heterocycles. The maximum atomic E-state index is 13.2. The van der Waals surface area contributed by atoms with Gasteiger partial charge in [-0.05, 0) is 35.6 Å². The van der Waals surface area contributed by atoms with E-state index in [9.17, 15) is 9.59 Å². The SMILES string of the molecule is COCC(=O)N1CCO[C@@](Cc2cccc(-c3cccnc3)c2)(C(=O)NC2CC2)C1. The number of pyridine rings is 1. The van der Waals surface area contributed by atoms with Crippen LogP contribution in [0.15, 0.2) is 48.8 Å². The van der Waals surface area contributed by atoms with Gasteiger partial charge in [-0.25, -0.2) is 0 Å². The Hall–Kier alpha value is -2.77. The highest BCUT2D eigenvalue weighted by atomic mass is 16.5. The van der Waals surface area contributed by atoms with Gasteiger partial charge in [0.15, 0.2) is 5.60 Å². The van der Waals surface area contributed by atoms with Crippen molar-refractivity contribution < 1.29 is 19.1 Å². The number of carbonyl (C=O) groups is 2. The Bertz CT molecular complexity index is 900. The summed E-state index contributed by atoms with van der Waals surface area (Å²) < 4.78 is 11.1. The lowest BCUT2D eigenvalue weighted by Crippen LogP contribution is -2.62. The van der Waals surface area contributed by atoms with Crippen molar-refractivity contribution in [3.05, 3.63) is 54.4 Å². The van der Waals surface area contributed by atoms with Crippen molar-refractivity contribution in [1.82, 2.24) is 15.2 Å². The van der Waals surface area contributed by atoms with E-state index in [1.165, 1.54) is 7.11 Å².